The maximum Gasteiger partial charge on any atom is 1.00 e. The van der Waals surface area contributed by atoms with E-state index < -0.39 is 35.1 Å². The number of pyridine rings is 1. The largest absolute Gasteiger partial charge is 1.00 e. The van der Waals surface area contributed by atoms with E-state index in [-0.39, 0.29) is 35.4 Å². The number of carboxylic acid groups (broad SMARTS) is 1. The van der Waals surface area contributed by atoms with Crippen LogP contribution in [0.3, 0.4) is 0 Å². The van der Waals surface area contributed by atoms with Crippen molar-refractivity contribution in [3.8, 4) is 0 Å². The zero-order chi connectivity index (χ0) is 18.7. The number of nitrogens with zero attached hydrogens (tertiary/aromatic N) is 2. The van der Waals surface area contributed by atoms with Gasteiger partial charge in [0.25, 0.3) is 0 Å². The zero-order valence-electron chi connectivity index (χ0n) is 15.6. The topological polar surface area (TPSA) is 109 Å². The Bertz CT molecular complexity index is 621. The number of anilines is 1. The van der Waals surface area contributed by atoms with E-state index >= 15 is 0 Å². The molecule has 132 valence electrons. The minimum Gasteiger partial charge on any atom is -0.543 e. The van der Waals surface area contributed by atoms with Gasteiger partial charge in [-0.3, -0.25) is 0 Å². The Morgan fingerprint density at radius 2 is 1.40 bits per heavy atom. The standard InChI is InChI=1S/C16H22N2O6.Na/c1-15(2,3)23-13(21)18(14(22)24-16(4,5)6)11-9-7-8-10(17-11)12(19)20;/h7-9H,1-6H3,(H,19,20);/q;+1/p-1. The summed E-state index contributed by atoms with van der Waals surface area (Å²) in [5.41, 5.74) is -2.17. The van der Waals surface area contributed by atoms with Crippen LogP contribution >= 0.6 is 0 Å². The molecule has 0 radical (unpaired) electrons. The van der Waals surface area contributed by atoms with Crippen molar-refractivity contribution in [2.24, 2.45) is 0 Å². The second-order valence-corrected chi connectivity index (χ2v) is 6.96. The molecule has 9 heteroatoms. The minimum atomic E-state index is -1.54. The van der Waals surface area contributed by atoms with Crippen LogP contribution in [0.25, 0.3) is 0 Å². The molecule has 1 heterocycles. The first-order valence-corrected chi connectivity index (χ1v) is 7.25. The van der Waals surface area contributed by atoms with Crippen molar-refractivity contribution < 1.29 is 58.5 Å². The molecule has 1 aromatic rings. The second kappa shape index (κ2) is 8.64. The summed E-state index contributed by atoms with van der Waals surface area (Å²) in [5.74, 6) is -1.77. The van der Waals surface area contributed by atoms with E-state index in [1.807, 2.05) is 0 Å². The summed E-state index contributed by atoms with van der Waals surface area (Å²) >= 11 is 0. The Kier molecular flexibility index (Phi) is 8.07. The number of aromatic carboxylic acids is 1. The third-order valence-corrected chi connectivity index (χ3v) is 2.32. The van der Waals surface area contributed by atoms with Crippen molar-refractivity contribution in [2.45, 2.75) is 52.7 Å². The van der Waals surface area contributed by atoms with Crippen LogP contribution in [0.1, 0.15) is 52.0 Å². The number of carbonyl (C=O) groups excluding carboxylic acids is 3. The van der Waals surface area contributed by atoms with E-state index in [0.717, 1.165) is 0 Å². The summed E-state index contributed by atoms with van der Waals surface area (Å²) in [6.07, 6.45) is -2.06. The number of aromatic nitrogens is 1. The summed E-state index contributed by atoms with van der Waals surface area (Å²) in [6, 6.07) is 3.80. The predicted molar refractivity (Wildman–Crippen MR) is 83.5 cm³/mol. The third kappa shape index (κ3) is 7.85. The van der Waals surface area contributed by atoms with Gasteiger partial charge in [0.1, 0.15) is 17.0 Å². The Morgan fingerprint density at radius 1 is 0.960 bits per heavy atom. The van der Waals surface area contributed by atoms with Crippen molar-refractivity contribution in [3.63, 3.8) is 0 Å². The number of ether oxygens (including phenoxy) is 2. The molecule has 0 bridgehead atoms. The molecule has 0 spiro atoms. The zero-order valence-corrected chi connectivity index (χ0v) is 17.6. The molecule has 0 aliphatic rings. The Labute approximate surface area is 168 Å². The monoisotopic (exact) mass is 360 g/mol. The number of carboxylic acids is 1. The van der Waals surface area contributed by atoms with Gasteiger partial charge in [0.15, 0.2) is 0 Å². The van der Waals surface area contributed by atoms with Crippen LogP contribution in [0.5, 0.6) is 0 Å². The fraction of sp³-hybridized carbons (Fsp3) is 0.500. The van der Waals surface area contributed by atoms with Gasteiger partial charge in [-0.25, -0.2) is 14.6 Å². The number of rotatable bonds is 2. The van der Waals surface area contributed by atoms with Gasteiger partial charge in [0, 0.05) is 0 Å². The first-order chi connectivity index (χ1) is 10.8. The van der Waals surface area contributed by atoms with Crippen molar-refractivity contribution >= 4 is 24.0 Å². The van der Waals surface area contributed by atoms with Gasteiger partial charge in [-0.2, -0.15) is 4.90 Å². The molecule has 0 saturated heterocycles. The van der Waals surface area contributed by atoms with Gasteiger partial charge < -0.3 is 19.4 Å². The molecule has 8 nitrogen and oxygen atoms in total. The number of amides is 2. The number of hydrogen-bond acceptors (Lipinski definition) is 7. The van der Waals surface area contributed by atoms with Crippen LogP contribution in [0.4, 0.5) is 15.4 Å². The predicted octanol–water partition coefficient (Wildman–Crippen LogP) is -0.874. The van der Waals surface area contributed by atoms with Crippen LogP contribution in [0, 0.1) is 0 Å². The first-order valence-electron chi connectivity index (χ1n) is 7.25. The molecule has 0 aliphatic carbocycles. The fourth-order valence-corrected chi connectivity index (χ4v) is 1.54. The molecule has 0 aliphatic heterocycles. The molecule has 0 saturated carbocycles. The van der Waals surface area contributed by atoms with Gasteiger partial charge in [-0.1, -0.05) is 6.07 Å². The maximum absolute atomic E-state index is 12.4. The molecule has 0 N–H and O–H groups in total. The number of carbonyl (C=O) groups is 3. The average Bonchev–Trinajstić information content (AvgIpc) is 2.34. The van der Waals surface area contributed by atoms with E-state index in [1.54, 1.807) is 41.5 Å². The molecule has 0 unspecified atom stereocenters. The Morgan fingerprint density at radius 3 is 1.76 bits per heavy atom. The maximum atomic E-state index is 12.4. The molecule has 1 rings (SSSR count). The van der Waals surface area contributed by atoms with Crippen LogP contribution in [0.2, 0.25) is 0 Å². The Balaban J connectivity index is 0.00000576. The van der Waals surface area contributed by atoms with Gasteiger partial charge in [0.05, 0.1) is 11.7 Å². The van der Waals surface area contributed by atoms with E-state index in [0.29, 0.717) is 4.90 Å². The van der Waals surface area contributed by atoms with Gasteiger partial charge in [-0.15, -0.1) is 0 Å². The van der Waals surface area contributed by atoms with Crippen LogP contribution in [-0.2, 0) is 9.47 Å². The van der Waals surface area contributed by atoms with E-state index in [4.69, 9.17) is 9.47 Å². The van der Waals surface area contributed by atoms with Crippen molar-refractivity contribution in [1.29, 1.82) is 0 Å². The van der Waals surface area contributed by atoms with Gasteiger partial charge in [-0.05, 0) is 53.7 Å². The van der Waals surface area contributed by atoms with E-state index in [9.17, 15) is 19.5 Å². The molecular weight excluding hydrogens is 339 g/mol. The molecule has 1 aromatic heterocycles. The SMILES string of the molecule is CC(C)(C)OC(=O)N(C(=O)OC(C)(C)C)c1cccc(C(=O)[O-])n1.[Na+]. The summed E-state index contributed by atoms with van der Waals surface area (Å²) in [6.45, 7) is 9.77. The number of hydrogen-bond donors (Lipinski definition) is 0. The average molecular weight is 360 g/mol. The van der Waals surface area contributed by atoms with Gasteiger partial charge in [0.2, 0.25) is 0 Å². The molecule has 0 atom stereocenters. The summed E-state index contributed by atoms with van der Waals surface area (Å²) in [7, 11) is 0. The van der Waals surface area contributed by atoms with Crippen LogP contribution < -0.4 is 39.6 Å². The molecule has 0 aromatic carbocycles. The summed E-state index contributed by atoms with van der Waals surface area (Å²) in [5, 5.41) is 10.9. The summed E-state index contributed by atoms with van der Waals surface area (Å²) in [4.78, 5) is 40.0. The summed E-state index contributed by atoms with van der Waals surface area (Å²) < 4.78 is 10.3. The second-order valence-electron chi connectivity index (χ2n) is 6.96. The van der Waals surface area contributed by atoms with E-state index in [2.05, 4.69) is 4.98 Å². The quantitative estimate of drug-likeness (QED) is 0.631. The molecule has 2 amide bonds. The molecular formula is C16H21N2NaO6. The van der Waals surface area contributed by atoms with Crippen molar-refractivity contribution in [1.82, 2.24) is 4.98 Å². The van der Waals surface area contributed by atoms with Crippen molar-refractivity contribution in [3.05, 3.63) is 23.9 Å². The normalized spacial score (nSPS) is 11.1. The van der Waals surface area contributed by atoms with Crippen LogP contribution in [0.15, 0.2) is 18.2 Å². The van der Waals surface area contributed by atoms with Gasteiger partial charge >= 0.3 is 41.7 Å². The number of imide groups is 1. The van der Waals surface area contributed by atoms with E-state index in [1.165, 1.54) is 18.2 Å². The molecule has 0 fully saturated rings. The molecule has 25 heavy (non-hydrogen) atoms. The minimum absolute atomic E-state index is 0. The Hall–Kier alpha value is -1.64. The van der Waals surface area contributed by atoms with Crippen LogP contribution in [-0.4, -0.2) is 34.3 Å². The third-order valence-electron chi connectivity index (χ3n) is 2.32. The smallest absolute Gasteiger partial charge is 0.543 e. The first kappa shape index (κ1) is 23.4. The fourth-order valence-electron chi connectivity index (χ4n) is 1.54. The van der Waals surface area contributed by atoms with Crippen molar-refractivity contribution in [2.75, 3.05) is 4.90 Å².